The van der Waals surface area contributed by atoms with E-state index < -0.39 is 4.92 Å². The molecule has 2 atom stereocenters. The third kappa shape index (κ3) is 4.65. The maximum atomic E-state index is 12.8. The number of amides is 1. The van der Waals surface area contributed by atoms with E-state index in [1.165, 1.54) is 18.6 Å². The van der Waals surface area contributed by atoms with Crippen LogP contribution in [0, 0.1) is 33.3 Å². The van der Waals surface area contributed by atoms with Gasteiger partial charge in [-0.05, 0) is 30.4 Å². The number of likely N-dealkylation sites (tertiary alicyclic amines) is 1. The van der Waals surface area contributed by atoms with Crippen molar-refractivity contribution >= 4 is 28.3 Å². The van der Waals surface area contributed by atoms with Crippen LogP contribution < -0.4 is 4.90 Å². The molecule has 1 aromatic carbocycles. The number of nitro groups is 1. The van der Waals surface area contributed by atoms with Gasteiger partial charge in [-0.25, -0.2) is 4.98 Å². The molecule has 4 rings (SSSR count). The minimum atomic E-state index is -0.472. The van der Waals surface area contributed by atoms with Crippen molar-refractivity contribution in [3.8, 4) is 6.07 Å². The number of hydrogen-bond acceptors (Lipinski definition) is 7. The van der Waals surface area contributed by atoms with Crippen LogP contribution in [0.3, 0.4) is 0 Å². The predicted molar refractivity (Wildman–Crippen MR) is 121 cm³/mol. The quantitative estimate of drug-likeness (QED) is 0.536. The molecule has 168 valence electrons. The standard InChI is InChI=1S/C23H28N6O3/c1-16-9-17(2)14-28(13-16)23(30)15-26-5-7-27(8-6-26)22-10-18(12-24)20-11-19(29(31)32)3-4-21(20)25-22/h3-4,10-11,16-17H,5-9,13-15H2,1-2H3. The molecule has 3 heterocycles. The third-order valence-corrected chi connectivity index (χ3v) is 6.39. The zero-order valence-corrected chi connectivity index (χ0v) is 18.5. The maximum Gasteiger partial charge on any atom is 0.270 e. The van der Waals surface area contributed by atoms with Crippen molar-refractivity contribution in [3.63, 3.8) is 0 Å². The number of rotatable bonds is 4. The number of nitriles is 1. The Morgan fingerprint density at radius 3 is 2.50 bits per heavy atom. The van der Waals surface area contributed by atoms with Gasteiger partial charge >= 0.3 is 0 Å². The number of non-ortho nitro benzene ring substituents is 1. The molecule has 2 aliphatic rings. The minimum Gasteiger partial charge on any atom is -0.354 e. The van der Waals surface area contributed by atoms with E-state index in [0.29, 0.717) is 53.8 Å². The number of piperazine rings is 1. The molecule has 9 heteroatoms. The summed E-state index contributed by atoms with van der Waals surface area (Å²) in [6.07, 6.45) is 1.18. The van der Waals surface area contributed by atoms with E-state index >= 15 is 0 Å². The highest BCUT2D eigenvalue weighted by molar-refractivity contribution is 5.88. The van der Waals surface area contributed by atoms with Crippen LogP contribution in [0.1, 0.15) is 25.8 Å². The first-order valence-corrected chi connectivity index (χ1v) is 11.1. The van der Waals surface area contributed by atoms with Gasteiger partial charge in [0.05, 0.1) is 28.6 Å². The van der Waals surface area contributed by atoms with Crippen LogP contribution in [0.2, 0.25) is 0 Å². The summed E-state index contributed by atoms with van der Waals surface area (Å²) in [5.74, 6) is 1.99. The molecule has 0 N–H and O–H groups in total. The lowest BCUT2D eigenvalue weighted by molar-refractivity contribution is -0.384. The highest BCUT2D eigenvalue weighted by atomic mass is 16.6. The van der Waals surface area contributed by atoms with E-state index in [0.717, 1.165) is 26.2 Å². The summed E-state index contributed by atoms with van der Waals surface area (Å²) in [6.45, 7) is 9.44. The average Bonchev–Trinajstić information content (AvgIpc) is 2.77. The number of anilines is 1. The molecule has 0 radical (unpaired) electrons. The van der Waals surface area contributed by atoms with Crippen molar-refractivity contribution < 1.29 is 9.72 Å². The summed E-state index contributed by atoms with van der Waals surface area (Å²) in [6, 6.07) is 8.24. The van der Waals surface area contributed by atoms with Crippen LogP contribution in [0.5, 0.6) is 0 Å². The maximum absolute atomic E-state index is 12.8. The lowest BCUT2D eigenvalue weighted by Crippen LogP contribution is -2.52. The fourth-order valence-corrected chi connectivity index (χ4v) is 4.86. The molecule has 2 unspecified atom stereocenters. The van der Waals surface area contributed by atoms with Gasteiger partial charge in [-0.3, -0.25) is 19.8 Å². The molecule has 0 saturated carbocycles. The summed E-state index contributed by atoms with van der Waals surface area (Å²) >= 11 is 0. The number of piperidine rings is 1. The zero-order valence-electron chi connectivity index (χ0n) is 18.5. The molecule has 2 aromatic rings. The van der Waals surface area contributed by atoms with Gasteiger partial charge in [-0.1, -0.05) is 13.8 Å². The average molecular weight is 437 g/mol. The van der Waals surface area contributed by atoms with E-state index in [2.05, 4.69) is 34.7 Å². The topological polar surface area (TPSA) is 107 Å². The summed E-state index contributed by atoms with van der Waals surface area (Å²) in [5, 5.41) is 21.1. The van der Waals surface area contributed by atoms with E-state index in [4.69, 9.17) is 0 Å². The lowest BCUT2D eigenvalue weighted by atomic mass is 9.92. The Morgan fingerprint density at radius 2 is 1.88 bits per heavy atom. The fourth-order valence-electron chi connectivity index (χ4n) is 4.86. The van der Waals surface area contributed by atoms with Gasteiger partial charge in [0.1, 0.15) is 5.82 Å². The van der Waals surface area contributed by atoms with Crippen molar-refractivity contribution in [1.82, 2.24) is 14.8 Å². The molecular formula is C23H28N6O3. The van der Waals surface area contributed by atoms with Crippen molar-refractivity contribution in [2.45, 2.75) is 20.3 Å². The predicted octanol–water partition coefficient (Wildman–Crippen LogP) is 2.64. The number of carbonyl (C=O) groups excluding carboxylic acids is 1. The van der Waals surface area contributed by atoms with Crippen molar-refractivity contribution in [2.24, 2.45) is 11.8 Å². The Balaban J connectivity index is 1.42. The van der Waals surface area contributed by atoms with Crippen molar-refractivity contribution in [1.29, 1.82) is 5.26 Å². The Bertz CT molecular complexity index is 1060. The second-order valence-electron chi connectivity index (χ2n) is 9.11. The second-order valence-corrected chi connectivity index (χ2v) is 9.11. The van der Waals surface area contributed by atoms with Crippen LogP contribution in [0.25, 0.3) is 10.9 Å². The number of hydrogen-bond donors (Lipinski definition) is 0. The van der Waals surface area contributed by atoms with E-state index in [9.17, 15) is 20.2 Å². The Hall–Kier alpha value is -3.25. The lowest BCUT2D eigenvalue weighted by Gasteiger charge is -2.38. The molecule has 2 aliphatic heterocycles. The van der Waals surface area contributed by atoms with Gasteiger partial charge in [-0.2, -0.15) is 5.26 Å². The molecular weight excluding hydrogens is 408 g/mol. The van der Waals surface area contributed by atoms with Gasteiger partial charge in [0.2, 0.25) is 5.91 Å². The number of fused-ring (bicyclic) bond motifs is 1. The minimum absolute atomic E-state index is 0.0562. The normalized spacial score (nSPS) is 22.0. The van der Waals surface area contributed by atoms with Gasteiger partial charge in [0.25, 0.3) is 5.69 Å². The second kappa shape index (κ2) is 9.09. The fraction of sp³-hybridized carbons (Fsp3) is 0.522. The number of carbonyl (C=O) groups is 1. The molecule has 1 amide bonds. The smallest absolute Gasteiger partial charge is 0.270 e. The molecule has 0 bridgehead atoms. The number of benzene rings is 1. The highest BCUT2D eigenvalue weighted by Crippen LogP contribution is 2.27. The molecule has 1 aromatic heterocycles. The van der Waals surface area contributed by atoms with Crippen LogP contribution >= 0.6 is 0 Å². The Kier molecular flexibility index (Phi) is 6.24. The number of aromatic nitrogens is 1. The van der Waals surface area contributed by atoms with Gasteiger partial charge in [0, 0.05) is 56.8 Å². The van der Waals surface area contributed by atoms with Crippen molar-refractivity contribution in [3.05, 3.63) is 39.9 Å². The zero-order chi connectivity index (χ0) is 22.8. The highest BCUT2D eigenvalue weighted by Gasteiger charge is 2.28. The summed E-state index contributed by atoms with van der Waals surface area (Å²) in [4.78, 5) is 34.3. The number of nitro benzene ring substituents is 1. The first-order valence-electron chi connectivity index (χ1n) is 11.1. The van der Waals surface area contributed by atoms with E-state index in [-0.39, 0.29) is 11.6 Å². The molecule has 0 spiro atoms. The monoisotopic (exact) mass is 436 g/mol. The number of pyridine rings is 1. The SMILES string of the molecule is CC1CC(C)CN(C(=O)CN2CCN(c3cc(C#N)c4cc([N+](=O)[O-])ccc4n3)CC2)C1. The number of nitrogens with zero attached hydrogens (tertiary/aromatic N) is 6. The third-order valence-electron chi connectivity index (χ3n) is 6.39. The summed E-state index contributed by atoms with van der Waals surface area (Å²) in [5.41, 5.74) is 0.884. The summed E-state index contributed by atoms with van der Waals surface area (Å²) in [7, 11) is 0. The Morgan fingerprint density at radius 1 is 1.19 bits per heavy atom. The van der Waals surface area contributed by atoms with Crippen molar-refractivity contribution in [2.75, 3.05) is 50.7 Å². The van der Waals surface area contributed by atoms with Crippen LogP contribution in [0.15, 0.2) is 24.3 Å². The van der Waals surface area contributed by atoms with E-state index in [1.54, 1.807) is 12.1 Å². The van der Waals surface area contributed by atoms with Gasteiger partial charge < -0.3 is 9.80 Å². The molecule has 2 saturated heterocycles. The molecule has 32 heavy (non-hydrogen) atoms. The first-order chi connectivity index (χ1) is 15.3. The largest absolute Gasteiger partial charge is 0.354 e. The summed E-state index contributed by atoms with van der Waals surface area (Å²) < 4.78 is 0. The van der Waals surface area contributed by atoms with Crippen LogP contribution in [-0.4, -0.2) is 71.4 Å². The van der Waals surface area contributed by atoms with Crippen LogP contribution in [-0.2, 0) is 4.79 Å². The molecule has 2 fully saturated rings. The van der Waals surface area contributed by atoms with Crippen LogP contribution in [0.4, 0.5) is 11.5 Å². The molecule has 9 nitrogen and oxygen atoms in total. The van der Waals surface area contributed by atoms with Gasteiger partial charge in [0.15, 0.2) is 0 Å². The van der Waals surface area contributed by atoms with E-state index in [1.807, 2.05) is 4.90 Å². The molecule has 0 aliphatic carbocycles. The first kappa shape index (κ1) is 22.0. The van der Waals surface area contributed by atoms with Gasteiger partial charge in [-0.15, -0.1) is 0 Å². The Labute approximate surface area is 187 Å².